The number of carbonyl (C=O) groups is 1. The third kappa shape index (κ3) is 6.48. The van der Waals surface area contributed by atoms with Crippen molar-refractivity contribution in [2.75, 3.05) is 25.0 Å². The van der Waals surface area contributed by atoms with Crippen molar-refractivity contribution in [2.45, 2.75) is 32.9 Å². The quantitative estimate of drug-likeness (QED) is 0.514. The van der Waals surface area contributed by atoms with Gasteiger partial charge in [0.25, 0.3) is 0 Å². The van der Waals surface area contributed by atoms with Crippen LogP contribution in [0.1, 0.15) is 30.9 Å². The Kier molecular flexibility index (Phi) is 7.44. The number of anilines is 1. The van der Waals surface area contributed by atoms with Crippen molar-refractivity contribution in [3.8, 4) is 0 Å². The van der Waals surface area contributed by atoms with Crippen molar-refractivity contribution in [1.82, 2.24) is 15.5 Å². The zero-order chi connectivity index (χ0) is 20.5. The number of benzene rings is 2. The first-order chi connectivity index (χ1) is 14.1. The van der Waals surface area contributed by atoms with Crippen molar-refractivity contribution < 1.29 is 9.18 Å². The molecule has 0 unspecified atom stereocenters. The van der Waals surface area contributed by atoms with Gasteiger partial charge in [-0.05, 0) is 55.2 Å². The summed E-state index contributed by atoms with van der Waals surface area (Å²) in [5, 5.41) is 9.42. The third-order valence-corrected chi connectivity index (χ3v) is 4.71. The fourth-order valence-electron chi connectivity index (χ4n) is 3.17. The normalized spacial score (nSPS) is 14.0. The molecule has 29 heavy (non-hydrogen) atoms. The molecule has 2 amide bonds. The highest BCUT2D eigenvalue weighted by Gasteiger charge is 2.17. The Morgan fingerprint density at radius 3 is 2.55 bits per heavy atom. The maximum atomic E-state index is 13.0. The fourth-order valence-corrected chi connectivity index (χ4v) is 3.17. The Balaban J connectivity index is 1.58. The molecule has 2 aromatic rings. The summed E-state index contributed by atoms with van der Waals surface area (Å²) >= 11 is 0. The molecule has 0 saturated carbocycles. The van der Waals surface area contributed by atoms with Gasteiger partial charge >= 0.3 is 6.03 Å². The summed E-state index contributed by atoms with van der Waals surface area (Å²) in [7, 11) is 0. The third-order valence-electron chi connectivity index (χ3n) is 4.71. The summed E-state index contributed by atoms with van der Waals surface area (Å²) in [6.07, 6.45) is 2.14. The Bertz CT molecular complexity index is 831. The molecular weight excluding hydrogens is 369 g/mol. The lowest BCUT2D eigenvalue weighted by molar-refractivity contribution is 0.222. The number of urea groups is 1. The lowest BCUT2D eigenvalue weighted by Gasteiger charge is -2.16. The topological polar surface area (TPSA) is 68.8 Å². The maximum absolute atomic E-state index is 13.0. The van der Waals surface area contributed by atoms with Gasteiger partial charge in [0.15, 0.2) is 5.96 Å². The number of hydrogen-bond donors (Lipinski definition) is 3. The average molecular weight is 397 g/mol. The molecule has 3 N–H and O–H groups in total. The van der Waals surface area contributed by atoms with E-state index >= 15 is 0 Å². The molecule has 1 aliphatic heterocycles. The predicted molar refractivity (Wildman–Crippen MR) is 114 cm³/mol. The van der Waals surface area contributed by atoms with Crippen LogP contribution in [0.15, 0.2) is 53.5 Å². The highest BCUT2D eigenvalue weighted by Crippen LogP contribution is 2.14. The summed E-state index contributed by atoms with van der Waals surface area (Å²) < 4.78 is 13.0. The Hall–Kier alpha value is -3.09. The van der Waals surface area contributed by atoms with Crippen LogP contribution in [-0.4, -0.2) is 36.5 Å². The second kappa shape index (κ2) is 10.5. The average Bonchev–Trinajstić information content (AvgIpc) is 3.27. The van der Waals surface area contributed by atoms with Crippen LogP contribution in [0.4, 0.5) is 14.9 Å². The standard InChI is InChI=1S/C22H28FN5O/c1-2-24-21(25-15-17-8-10-19(23)11-9-17)26-16-18-6-5-7-20(14-18)27-22(29)28-12-3-4-13-28/h5-11,14H,2-4,12-13,15-16H2,1H3,(H,27,29)(H2,24,25,26). The molecule has 1 saturated heterocycles. The lowest BCUT2D eigenvalue weighted by atomic mass is 10.2. The Morgan fingerprint density at radius 1 is 1.07 bits per heavy atom. The van der Waals surface area contributed by atoms with E-state index in [0.29, 0.717) is 19.0 Å². The number of hydrogen-bond acceptors (Lipinski definition) is 2. The second-order valence-corrected chi connectivity index (χ2v) is 7.00. The van der Waals surface area contributed by atoms with Gasteiger partial charge < -0.3 is 20.9 Å². The first-order valence-corrected chi connectivity index (χ1v) is 10.1. The largest absolute Gasteiger partial charge is 0.357 e. The number of halogens is 1. The zero-order valence-corrected chi connectivity index (χ0v) is 16.7. The molecule has 7 heteroatoms. The Labute approximate surface area is 171 Å². The molecule has 0 atom stereocenters. The zero-order valence-electron chi connectivity index (χ0n) is 16.7. The van der Waals surface area contributed by atoms with E-state index in [9.17, 15) is 9.18 Å². The number of guanidine groups is 1. The van der Waals surface area contributed by atoms with Crippen LogP contribution in [-0.2, 0) is 13.1 Å². The van der Waals surface area contributed by atoms with E-state index < -0.39 is 0 Å². The molecule has 0 spiro atoms. The van der Waals surface area contributed by atoms with Gasteiger partial charge in [-0.15, -0.1) is 0 Å². The van der Waals surface area contributed by atoms with Crippen molar-refractivity contribution in [2.24, 2.45) is 4.99 Å². The summed E-state index contributed by atoms with van der Waals surface area (Å²) in [5.74, 6) is 0.439. The summed E-state index contributed by atoms with van der Waals surface area (Å²) in [4.78, 5) is 18.7. The summed E-state index contributed by atoms with van der Waals surface area (Å²) in [6.45, 7) is 5.41. The molecule has 3 rings (SSSR count). The van der Waals surface area contributed by atoms with E-state index in [-0.39, 0.29) is 11.8 Å². The highest BCUT2D eigenvalue weighted by atomic mass is 19.1. The van der Waals surface area contributed by atoms with Crippen LogP contribution in [0.3, 0.4) is 0 Å². The lowest BCUT2D eigenvalue weighted by Crippen LogP contribution is -2.36. The molecule has 1 fully saturated rings. The SMILES string of the molecule is CCNC(=NCc1cccc(NC(=O)N2CCCC2)c1)NCc1ccc(F)cc1. The van der Waals surface area contributed by atoms with E-state index in [1.807, 2.05) is 36.1 Å². The van der Waals surface area contributed by atoms with Gasteiger partial charge in [0, 0.05) is 31.9 Å². The number of likely N-dealkylation sites (tertiary alicyclic amines) is 1. The first-order valence-electron chi connectivity index (χ1n) is 10.1. The number of nitrogens with one attached hydrogen (secondary N) is 3. The van der Waals surface area contributed by atoms with E-state index in [2.05, 4.69) is 20.9 Å². The number of amides is 2. The van der Waals surface area contributed by atoms with Crippen molar-refractivity contribution in [1.29, 1.82) is 0 Å². The molecule has 0 bridgehead atoms. The monoisotopic (exact) mass is 397 g/mol. The molecule has 1 aliphatic rings. The van der Waals surface area contributed by atoms with Crippen molar-refractivity contribution in [3.63, 3.8) is 0 Å². The smallest absolute Gasteiger partial charge is 0.321 e. The van der Waals surface area contributed by atoms with Crippen molar-refractivity contribution in [3.05, 3.63) is 65.5 Å². The molecular formula is C22H28FN5O. The predicted octanol–water partition coefficient (Wildman–Crippen LogP) is 3.71. The highest BCUT2D eigenvalue weighted by molar-refractivity contribution is 5.89. The molecule has 1 heterocycles. The first kappa shape index (κ1) is 20.6. The van der Waals surface area contributed by atoms with Gasteiger partial charge in [0.05, 0.1) is 6.54 Å². The molecule has 0 aliphatic carbocycles. The van der Waals surface area contributed by atoms with Crippen LogP contribution < -0.4 is 16.0 Å². The van der Waals surface area contributed by atoms with E-state index in [0.717, 1.165) is 49.3 Å². The molecule has 0 aromatic heterocycles. The molecule has 6 nitrogen and oxygen atoms in total. The fraction of sp³-hybridized carbons (Fsp3) is 0.364. The molecule has 154 valence electrons. The van der Waals surface area contributed by atoms with Crippen LogP contribution in [0.5, 0.6) is 0 Å². The van der Waals surface area contributed by atoms with Gasteiger partial charge in [0.2, 0.25) is 0 Å². The van der Waals surface area contributed by atoms with Gasteiger partial charge in [-0.3, -0.25) is 0 Å². The van der Waals surface area contributed by atoms with E-state index in [1.54, 1.807) is 12.1 Å². The minimum Gasteiger partial charge on any atom is -0.357 e. The maximum Gasteiger partial charge on any atom is 0.321 e. The minimum atomic E-state index is -0.244. The number of carbonyl (C=O) groups excluding carboxylic acids is 1. The van der Waals surface area contributed by atoms with Gasteiger partial charge in [0.1, 0.15) is 5.82 Å². The van der Waals surface area contributed by atoms with Crippen LogP contribution >= 0.6 is 0 Å². The Morgan fingerprint density at radius 2 is 1.83 bits per heavy atom. The number of aliphatic imine (C=N–C) groups is 1. The van der Waals surface area contributed by atoms with Crippen LogP contribution in [0, 0.1) is 5.82 Å². The molecule has 0 radical (unpaired) electrons. The van der Waals surface area contributed by atoms with Crippen LogP contribution in [0.2, 0.25) is 0 Å². The van der Waals surface area contributed by atoms with Gasteiger partial charge in [-0.25, -0.2) is 14.2 Å². The van der Waals surface area contributed by atoms with Crippen molar-refractivity contribution >= 4 is 17.7 Å². The molecule has 2 aromatic carbocycles. The van der Waals surface area contributed by atoms with Gasteiger partial charge in [-0.2, -0.15) is 0 Å². The van der Waals surface area contributed by atoms with E-state index in [4.69, 9.17) is 0 Å². The second-order valence-electron chi connectivity index (χ2n) is 7.00. The number of rotatable bonds is 6. The summed E-state index contributed by atoms with van der Waals surface area (Å²) in [6, 6.07) is 14.1. The minimum absolute atomic E-state index is 0.0440. The van der Waals surface area contributed by atoms with E-state index in [1.165, 1.54) is 12.1 Å². The van der Waals surface area contributed by atoms with Crippen LogP contribution in [0.25, 0.3) is 0 Å². The number of nitrogens with zero attached hydrogens (tertiary/aromatic N) is 2. The summed E-state index contributed by atoms with van der Waals surface area (Å²) in [5.41, 5.74) is 2.76. The van der Waals surface area contributed by atoms with Gasteiger partial charge in [-0.1, -0.05) is 24.3 Å².